The second kappa shape index (κ2) is 7.71. The third-order valence-electron chi connectivity index (χ3n) is 4.02. The molecule has 1 saturated heterocycles. The van der Waals surface area contributed by atoms with Crippen molar-refractivity contribution in [1.82, 2.24) is 4.98 Å². The van der Waals surface area contributed by atoms with Crippen LogP contribution in [0.3, 0.4) is 0 Å². The Morgan fingerprint density at radius 1 is 1.29 bits per heavy atom. The Balaban J connectivity index is 1.72. The van der Waals surface area contributed by atoms with Gasteiger partial charge in [-0.25, -0.2) is 4.98 Å². The molecule has 1 aliphatic rings. The fourth-order valence-corrected chi connectivity index (χ4v) is 3.66. The Morgan fingerprint density at radius 2 is 2.08 bits per heavy atom. The molecular weight excluding hydrogens is 320 g/mol. The molecule has 1 aromatic carbocycles. The third kappa shape index (κ3) is 4.09. The minimum atomic E-state index is -0.193. The summed E-state index contributed by atoms with van der Waals surface area (Å²) in [4.78, 5) is 16.8. The Morgan fingerprint density at radius 3 is 2.75 bits per heavy atom. The van der Waals surface area contributed by atoms with Gasteiger partial charge in [-0.15, -0.1) is 0 Å². The van der Waals surface area contributed by atoms with Gasteiger partial charge >= 0.3 is 0 Å². The fourth-order valence-electron chi connectivity index (χ4n) is 2.57. The number of aromatic nitrogens is 1. The second-order valence-corrected chi connectivity index (χ2v) is 7.34. The van der Waals surface area contributed by atoms with Gasteiger partial charge in [-0.05, 0) is 47.9 Å². The standard InChI is InChI=1S/C19H22N2O2S/c1-13(2)14-5-7-15(8-6-14)21-18(22)17-4-3-10-20-19(17)23-16-9-11-24-12-16/h3-8,10,13,16H,9,11-12H2,1-2H3,(H,21,22). The van der Waals surface area contributed by atoms with Crippen LogP contribution >= 0.6 is 11.8 Å². The van der Waals surface area contributed by atoms with Crippen LogP contribution in [0.25, 0.3) is 0 Å². The molecule has 1 aliphatic heterocycles. The van der Waals surface area contributed by atoms with Crippen LogP contribution < -0.4 is 10.1 Å². The maximum atomic E-state index is 12.6. The van der Waals surface area contributed by atoms with Gasteiger partial charge in [-0.1, -0.05) is 26.0 Å². The SMILES string of the molecule is CC(C)c1ccc(NC(=O)c2cccnc2OC2CCSC2)cc1. The molecule has 2 aromatic rings. The molecule has 1 atom stereocenters. The van der Waals surface area contributed by atoms with Crippen molar-refractivity contribution < 1.29 is 9.53 Å². The summed E-state index contributed by atoms with van der Waals surface area (Å²) in [5, 5.41) is 2.93. The smallest absolute Gasteiger partial charge is 0.261 e. The van der Waals surface area contributed by atoms with E-state index < -0.39 is 0 Å². The van der Waals surface area contributed by atoms with Crippen molar-refractivity contribution in [2.24, 2.45) is 0 Å². The van der Waals surface area contributed by atoms with Gasteiger partial charge in [0.2, 0.25) is 5.88 Å². The lowest BCUT2D eigenvalue weighted by molar-refractivity contribution is 0.101. The Bertz CT molecular complexity index is 695. The van der Waals surface area contributed by atoms with Crippen LogP contribution in [0, 0.1) is 0 Å². The van der Waals surface area contributed by atoms with Crippen molar-refractivity contribution >= 4 is 23.4 Å². The van der Waals surface area contributed by atoms with Crippen molar-refractivity contribution in [2.75, 3.05) is 16.8 Å². The molecule has 0 aliphatic carbocycles. The molecular formula is C19H22N2O2S. The van der Waals surface area contributed by atoms with E-state index in [1.807, 2.05) is 36.0 Å². The lowest BCUT2D eigenvalue weighted by Gasteiger charge is -2.14. The highest BCUT2D eigenvalue weighted by molar-refractivity contribution is 7.99. The summed E-state index contributed by atoms with van der Waals surface area (Å²) < 4.78 is 5.92. The number of benzene rings is 1. The number of amides is 1. The van der Waals surface area contributed by atoms with Crippen LogP contribution in [0.4, 0.5) is 5.69 Å². The van der Waals surface area contributed by atoms with E-state index in [0.29, 0.717) is 17.4 Å². The number of carbonyl (C=O) groups excluding carboxylic acids is 1. The van der Waals surface area contributed by atoms with Crippen LogP contribution in [0.1, 0.15) is 42.1 Å². The number of carbonyl (C=O) groups is 1. The number of anilines is 1. The zero-order chi connectivity index (χ0) is 16.9. The number of nitrogens with zero attached hydrogens (tertiary/aromatic N) is 1. The topological polar surface area (TPSA) is 51.2 Å². The lowest BCUT2D eigenvalue weighted by Crippen LogP contribution is -2.20. The molecule has 1 unspecified atom stereocenters. The molecule has 1 amide bonds. The molecule has 2 heterocycles. The van der Waals surface area contributed by atoms with E-state index in [4.69, 9.17) is 4.74 Å². The first kappa shape index (κ1) is 16.8. The summed E-state index contributed by atoms with van der Waals surface area (Å²) in [7, 11) is 0. The van der Waals surface area contributed by atoms with Crippen LogP contribution in [-0.4, -0.2) is 28.5 Å². The van der Waals surface area contributed by atoms with Crippen LogP contribution in [0.2, 0.25) is 0 Å². The zero-order valence-corrected chi connectivity index (χ0v) is 14.8. The maximum absolute atomic E-state index is 12.6. The number of rotatable bonds is 5. The van der Waals surface area contributed by atoms with E-state index in [0.717, 1.165) is 23.6 Å². The average molecular weight is 342 g/mol. The largest absolute Gasteiger partial charge is 0.473 e. The number of nitrogens with one attached hydrogen (secondary N) is 1. The first-order chi connectivity index (χ1) is 11.6. The van der Waals surface area contributed by atoms with Gasteiger partial charge in [0.1, 0.15) is 11.7 Å². The minimum Gasteiger partial charge on any atom is -0.473 e. The summed E-state index contributed by atoms with van der Waals surface area (Å²) in [5.41, 5.74) is 2.50. The van der Waals surface area contributed by atoms with E-state index in [2.05, 4.69) is 24.1 Å². The molecule has 4 nitrogen and oxygen atoms in total. The highest BCUT2D eigenvalue weighted by atomic mass is 32.2. The van der Waals surface area contributed by atoms with Crippen molar-refractivity contribution in [1.29, 1.82) is 0 Å². The highest BCUT2D eigenvalue weighted by Crippen LogP contribution is 2.25. The first-order valence-electron chi connectivity index (χ1n) is 8.24. The van der Waals surface area contributed by atoms with Crippen LogP contribution in [0.15, 0.2) is 42.6 Å². The minimum absolute atomic E-state index is 0.141. The van der Waals surface area contributed by atoms with Gasteiger partial charge in [-0.2, -0.15) is 11.8 Å². The Labute approximate surface area is 147 Å². The number of hydrogen-bond acceptors (Lipinski definition) is 4. The van der Waals surface area contributed by atoms with Crippen LogP contribution in [-0.2, 0) is 0 Å². The summed E-state index contributed by atoms with van der Waals surface area (Å²) >= 11 is 1.87. The first-order valence-corrected chi connectivity index (χ1v) is 9.39. The summed E-state index contributed by atoms with van der Waals surface area (Å²) in [6.07, 6.45) is 2.80. The third-order valence-corrected chi connectivity index (χ3v) is 5.15. The molecule has 0 spiro atoms. The van der Waals surface area contributed by atoms with Gasteiger partial charge in [0.05, 0.1) is 0 Å². The number of pyridine rings is 1. The number of ether oxygens (including phenoxy) is 1. The van der Waals surface area contributed by atoms with Gasteiger partial charge < -0.3 is 10.1 Å². The van der Waals surface area contributed by atoms with E-state index in [-0.39, 0.29) is 12.0 Å². The molecule has 24 heavy (non-hydrogen) atoms. The summed E-state index contributed by atoms with van der Waals surface area (Å²) in [6, 6.07) is 11.4. The number of hydrogen-bond donors (Lipinski definition) is 1. The molecule has 126 valence electrons. The van der Waals surface area contributed by atoms with E-state index >= 15 is 0 Å². The zero-order valence-electron chi connectivity index (χ0n) is 14.0. The molecule has 1 N–H and O–H groups in total. The summed E-state index contributed by atoms with van der Waals surface area (Å²) in [5.74, 6) is 2.75. The molecule has 3 rings (SSSR count). The van der Waals surface area contributed by atoms with E-state index in [1.54, 1.807) is 18.3 Å². The second-order valence-electron chi connectivity index (χ2n) is 6.19. The Kier molecular flexibility index (Phi) is 5.41. The lowest BCUT2D eigenvalue weighted by atomic mass is 10.0. The van der Waals surface area contributed by atoms with Crippen molar-refractivity contribution in [3.05, 3.63) is 53.7 Å². The van der Waals surface area contributed by atoms with Crippen molar-refractivity contribution in [3.63, 3.8) is 0 Å². The van der Waals surface area contributed by atoms with Gasteiger partial charge in [0.25, 0.3) is 5.91 Å². The molecule has 5 heteroatoms. The van der Waals surface area contributed by atoms with E-state index in [9.17, 15) is 4.79 Å². The molecule has 1 fully saturated rings. The predicted octanol–water partition coefficient (Wildman–Crippen LogP) is 4.34. The monoisotopic (exact) mass is 342 g/mol. The summed E-state index contributed by atoms with van der Waals surface area (Å²) in [6.45, 7) is 4.29. The van der Waals surface area contributed by atoms with Gasteiger partial charge in [-0.3, -0.25) is 4.79 Å². The maximum Gasteiger partial charge on any atom is 0.261 e. The van der Waals surface area contributed by atoms with Gasteiger partial charge in [0.15, 0.2) is 0 Å². The quantitative estimate of drug-likeness (QED) is 0.878. The average Bonchev–Trinajstić information content (AvgIpc) is 3.09. The Hall–Kier alpha value is -2.01. The normalized spacial score (nSPS) is 17.0. The van der Waals surface area contributed by atoms with Crippen molar-refractivity contribution in [3.8, 4) is 5.88 Å². The molecule has 1 aromatic heterocycles. The fraction of sp³-hybridized carbons (Fsp3) is 0.368. The molecule has 0 saturated carbocycles. The number of thioether (sulfide) groups is 1. The van der Waals surface area contributed by atoms with Crippen molar-refractivity contribution in [2.45, 2.75) is 32.3 Å². The van der Waals surface area contributed by atoms with E-state index in [1.165, 1.54) is 5.56 Å². The molecule has 0 radical (unpaired) electrons. The highest BCUT2D eigenvalue weighted by Gasteiger charge is 2.21. The predicted molar refractivity (Wildman–Crippen MR) is 99.1 cm³/mol. The van der Waals surface area contributed by atoms with Crippen LogP contribution in [0.5, 0.6) is 5.88 Å². The molecule has 0 bridgehead atoms. The van der Waals surface area contributed by atoms with Gasteiger partial charge in [0, 0.05) is 17.6 Å².